The Hall–Kier alpha value is -1.95. The highest BCUT2D eigenvalue weighted by atomic mass is 35.5. The third-order valence-corrected chi connectivity index (χ3v) is 2.93. The van der Waals surface area contributed by atoms with E-state index in [0.717, 1.165) is 0 Å². The van der Waals surface area contributed by atoms with Gasteiger partial charge in [-0.3, -0.25) is 4.79 Å². The predicted octanol–water partition coefficient (Wildman–Crippen LogP) is 2.36. The number of rotatable bonds is 9. The first-order chi connectivity index (χ1) is 10.6. The number of halogens is 1. The van der Waals surface area contributed by atoms with Gasteiger partial charge in [-0.25, -0.2) is 4.79 Å². The minimum absolute atomic E-state index is 0.164. The lowest BCUT2D eigenvalue weighted by Gasteiger charge is -2.09. The molecule has 0 saturated carbocycles. The average Bonchev–Trinajstić information content (AvgIpc) is 2.49. The number of ether oxygens (including phenoxy) is 2. The van der Waals surface area contributed by atoms with E-state index in [9.17, 15) is 9.59 Å². The van der Waals surface area contributed by atoms with Crippen LogP contribution in [0.15, 0.2) is 24.3 Å². The number of amides is 2. The zero-order valence-corrected chi connectivity index (χ0v) is 13.3. The summed E-state index contributed by atoms with van der Waals surface area (Å²) in [6.07, 6.45) is 0.813. The second kappa shape index (κ2) is 10.7. The van der Waals surface area contributed by atoms with Crippen molar-refractivity contribution >= 4 is 23.6 Å². The Balaban J connectivity index is 2.03. The maximum atomic E-state index is 11.4. The third-order valence-electron chi connectivity index (χ3n) is 2.62. The summed E-state index contributed by atoms with van der Waals surface area (Å²) >= 11 is 5.95. The number of esters is 1. The van der Waals surface area contributed by atoms with Crippen LogP contribution in [0, 0.1) is 0 Å². The standard InChI is InChI=1S/C15H21ClN2O4/c1-2-21-14(19)8-10-18-15(20)17-9-5-11-22-13-7-4-3-6-12(13)16/h3-4,6-7H,2,5,8-11H2,1H3,(H2,17,18,20). The molecule has 0 aliphatic rings. The summed E-state index contributed by atoms with van der Waals surface area (Å²) in [7, 11) is 0. The molecule has 0 radical (unpaired) electrons. The number of benzene rings is 1. The SMILES string of the molecule is CCOC(=O)CCNC(=O)NCCCOc1ccccc1Cl. The van der Waals surface area contributed by atoms with Crippen molar-refractivity contribution in [2.75, 3.05) is 26.3 Å². The molecular weight excluding hydrogens is 308 g/mol. The van der Waals surface area contributed by atoms with E-state index in [1.165, 1.54) is 0 Å². The lowest BCUT2D eigenvalue weighted by atomic mass is 10.3. The van der Waals surface area contributed by atoms with Crippen LogP contribution in [0.3, 0.4) is 0 Å². The Labute approximate surface area is 135 Å². The molecule has 0 heterocycles. The van der Waals surface area contributed by atoms with Crippen LogP contribution in [0.2, 0.25) is 5.02 Å². The molecule has 1 aromatic rings. The number of urea groups is 1. The van der Waals surface area contributed by atoms with Gasteiger partial charge >= 0.3 is 12.0 Å². The molecule has 0 unspecified atom stereocenters. The van der Waals surface area contributed by atoms with E-state index in [2.05, 4.69) is 10.6 Å². The van der Waals surface area contributed by atoms with Gasteiger partial charge in [0.1, 0.15) is 5.75 Å². The van der Waals surface area contributed by atoms with Crippen molar-refractivity contribution in [1.29, 1.82) is 0 Å². The lowest BCUT2D eigenvalue weighted by molar-refractivity contribution is -0.142. The summed E-state index contributed by atoms with van der Waals surface area (Å²) in [5.74, 6) is 0.305. The van der Waals surface area contributed by atoms with Crippen LogP contribution in [0.5, 0.6) is 5.75 Å². The van der Waals surface area contributed by atoms with E-state index in [4.69, 9.17) is 21.1 Å². The van der Waals surface area contributed by atoms with Crippen molar-refractivity contribution in [3.05, 3.63) is 29.3 Å². The van der Waals surface area contributed by atoms with Gasteiger partial charge in [0.05, 0.1) is 24.7 Å². The number of nitrogens with one attached hydrogen (secondary N) is 2. The Bertz CT molecular complexity index is 482. The molecule has 0 fully saturated rings. The molecule has 0 bridgehead atoms. The Morgan fingerprint density at radius 3 is 2.64 bits per heavy atom. The molecule has 0 aromatic heterocycles. The maximum Gasteiger partial charge on any atom is 0.314 e. The van der Waals surface area contributed by atoms with Gasteiger partial charge in [0.15, 0.2) is 0 Å². The second-order valence-corrected chi connectivity index (χ2v) is 4.78. The van der Waals surface area contributed by atoms with Crippen LogP contribution in [-0.2, 0) is 9.53 Å². The molecule has 2 amide bonds. The number of hydrogen-bond donors (Lipinski definition) is 2. The maximum absolute atomic E-state index is 11.4. The molecule has 0 spiro atoms. The van der Waals surface area contributed by atoms with E-state index in [1.54, 1.807) is 19.1 Å². The molecule has 0 aliphatic heterocycles. The molecule has 1 aromatic carbocycles. The highest BCUT2D eigenvalue weighted by Crippen LogP contribution is 2.22. The Morgan fingerprint density at radius 1 is 1.18 bits per heavy atom. The van der Waals surface area contributed by atoms with Crippen LogP contribution in [0.25, 0.3) is 0 Å². The van der Waals surface area contributed by atoms with Crippen molar-refractivity contribution in [3.8, 4) is 5.75 Å². The average molecular weight is 329 g/mol. The molecule has 122 valence electrons. The molecule has 6 nitrogen and oxygen atoms in total. The van der Waals surface area contributed by atoms with Gasteiger partial charge in [-0.2, -0.15) is 0 Å². The molecular formula is C15H21ClN2O4. The summed E-state index contributed by atoms with van der Waals surface area (Å²) in [4.78, 5) is 22.5. The molecule has 0 aliphatic carbocycles. The second-order valence-electron chi connectivity index (χ2n) is 4.37. The van der Waals surface area contributed by atoms with Gasteiger partial charge in [-0.05, 0) is 25.5 Å². The van der Waals surface area contributed by atoms with Crippen molar-refractivity contribution < 1.29 is 19.1 Å². The minimum Gasteiger partial charge on any atom is -0.492 e. The van der Waals surface area contributed by atoms with Crippen LogP contribution in [0.4, 0.5) is 4.79 Å². The summed E-state index contributed by atoms with van der Waals surface area (Å²) in [5, 5.41) is 5.81. The highest BCUT2D eigenvalue weighted by Gasteiger charge is 2.04. The van der Waals surface area contributed by atoms with Gasteiger partial charge in [0.2, 0.25) is 0 Å². The van der Waals surface area contributed by atoms with Crippen LogP contribution < -0.4 is 15.4 Å². The first-order valence-electron chi connectivity index (χ1n) is 7.18. The van der Waals surface area contributed by atoms with Crippen molar-refractivity contribution in [1.82, 2.24) is 10.6 Å². The molecule has 22 heavy (non-hydrogen) atoms. The fraction of sp³-hybridized carbons (Fsp3) is 0.467. The Kier molecular flexibility index (Phi) is 8.83. The fourth-order valence-electron chi connectivity index (χ4n) is 1.59. The lowest BCUT2D eigenvalue weighted by Crippen LogP contribution is -2.37. The van der Waals surface area contributed by atoms with Gasteiger partial charge < -0.3 is 20.1 Å². The van der Waals surface area contributed by atoms with Crippen molar-refractivity contribution in [3.63, 3.8) is 0 Å². The first kappa shape index (κ1) is 18.1. The minimum atomic E-state index is -0.323. The van der Waals surface area contributed by atoms with Gasteiger partial charge in [-0.1, -0.05) is 23.7 Å². The van der Waals surface area contributed by atoms with E-state index >= 15 is 0 Å². The van der Waals surface area contributed by atoms with E-state index in [0.29, 0.717) is 37.0 Å². The molecule has 7 heteroatoms. The quantitative estimate of drug-likeness (QED) is 0.539. The zero-order chi connectivity index (χ0) is 16.2. The highest BCUT2D eigenvalue weighted by molar-refractivity contribution is 6.32. The van der Waals surface area contributed by atoms with Crippen molar-refractivity contribution in [2.45, 2.75) is 19.8 Å². The predicted molar refractivity (Wildman–Crippen MR) is 84.2 cm³/mol. The third kappa shape index (κ3) is 7.73. The molecule has 0 atom stereocenters. The van der Waals surface area contributed by atoms with Gasteiger partial charge in [0.25, 0.3) is 0 Å². The van der Waals surface area contributed by atoms with Gasteiger partial charge in [0, 0.05) is 13.1 Å². The van der Waals surface area contributed by atoms with E-state index < -0.39 is 0 Å². The Morgan fingerprint density at radius 2 is 1.91 bits per heavy atom. The summed E-state index contributed by atoms with van der Waals surface area (Å²) in [6.45, 7) is 3.25. The fourth-order valence-corrected chi connectivity index (χ4v) is 1.78. The number of para-hydroxylation sites is 1. The smallest absolute Gasteiger partial charge is 0.314 e. The van der Waals surface area contributed by atoms with E-state index in [-0.39, 0.29) is 25.0 Å². The number of carbonyl (C=O) groups excluding carboxylic acids is 2. The summed E-state index contributed by atoms with van der Waals surface area (Å²) in [6, 6.07) is 6.90. The summed E-state index contributed by atoms with van der Waals surface area (Å²) in [5.41, 5.74) is 0. The van der Waals surface area contributed by atoms with Crippen LogP contribution in [-0.4, -0.2) is 38.3 Å². The number of carbonyl (C=O) groups is 2. The van der Waals surface area contributed by atoms with Crippen LogP contribution in [0.1, 0.15) is 19.8 Å². The van der Waals surface area contributed by atoms with E-state index in [1.807, 2.05) is 12.1 Å². The monoisotopic (exact) mass is 328 g/mol. The zero-order valence-electron chi connectivity index (χ0n) is 12.6. The molecule has 0 saturated heterocycles. The van der Waals surface area contributed by atoms with Crippen LogP contribution >= 0.6 is 11.6 Å². The normalized spacial score (nSPS) is 9.91. The topological polar surface area (TPSA) is 76.7 Å². The largest absolute Gasteiger partial charge is 0.492 e. The molecule has 1 rings (SSSR count). The van der Waals surface area contributed by atoms with Crippen molar-refractivity contribution in [2.24, 2.45) is 0 Å². The first-order valence-corrected chi connectivity index (χ1v) is 7.56. The van der Waals surface area contributed by atoms with Gasteiger partial charge in [-0.15, -0.1) is 0 Å². The summed E-state index contributed by atoms with van der Waals surface area (Å²) < 4.78 is 10.2. The molecule has 2 N–H and O–H groups in total. The number of hydrogen-bond acceptors (Lipinski definition) is 4.